The highest BCUT2D eigenvalue weighted by atomic mass is 79.9. The Bertz CT molecular complexity index is 500. The van der Waals surface area contributed by atoms with Crippen LogP contribution in [0.25, 0.3) is 0 Å². The molecule has 0 bridgehead atoms. The van der Waals surface area contributed by atoms with Crippen molar-refractivity contribution in [1.82, 2.24) is 5.32 Å². The number of hydrogen-bond donors (Lipinski definition) is 1. The quantitative estimate of drug-likeness (QED) is 0.877. The molecule has 1 atom stereocenters. The average Bonchev–Trinajstić information content (AvgIpc) is 3.22. The van der Waals surface area contributed by atoms with Crippen LogP contribution in [0.15, 0.2) is 22.7 Å². The van der Waals surface area contributed by atoms with E-state index in [1.807, 2.05) is 4.90 Å². The molecule has 1 saturated heterocycles. The fraction of sp³-hybridized carbons (Fsp3) is 0.571. The Kier molecular flexibility index (Phi) is 3.71. The minimum absolute atomic E-state index is 0.299. The van der Waals surface area contributed by atoms with Crippen LogP contribution in [-0.4, -0.2) is 25.7 Å². The lowest BCUT2D eigenvalue weighted by atomic mass is 10.1. The van der Waals surface area contributed by atoms with Crippen molar-refractivity contribution in [2.24, 2.45) is 5.92 Å². The van der Waals surface area contributed by atoms with Crippen LogP contribution in [0.4, 0.5) is 18.9 Å². The molecule has 0 amide bonds. The predicted octanol–water partition coefficient (Wildman–Crippen LogP) is 3.66. The summed E-state index contributed by atoms with van der Waals surface area (Å²) in [4.78, 5) is 1.87. The van der Waals surface area contributed by atoms with Crippen molar-refractivity contribution in [2.45, 2.75) is 25.1 Å². The zero-order valence-electron chi connectivity index (χ0n) is 10.9. The lowest BCUT2D eigenvalue weighted by molar-refractivity contribution is -0.137. The highest BCUT2D eigenvalue weighted by Crippen LogP contribution is 2.40. The van der Waals surface area contributed by atoms with Gasteiger partial charge >= 0.3 is 6.18 Å². The second kappa shape index (κ2) is 5.22. The molecule has 0 radical (unpaired) electrons. The SMILES string of the molecule is FC(F)(F)c1cc(Br)ccc1N1CCNC(C2CC2)C1. The molecule has 0 spiro atoms. The van der Waals surface area contributed by atoms with Crippen molar-refractivity contribution >= 4 is 21.6 Å². The molecular weight excluding hydrogens is 333 g/mol. The number of nitrogens with one attached hydrogen (secondary N) is 1. The van der Waals surface area contributed by atoms with Crippen molar-refractivity contribution in [3.63, 3.8) is 0 Å². The minimum atomic E-state index is -4.32. The summed E-state index contributed by atoms with van der Waals surface area (Å²) in [6.07, 6.45) is -1.94. The van der Waals surface area contributed by atoms with Crippen molar-refractivity contribution in [2.75, 3.05) is 24.5 Å². The molecule has 1 N–H and O–H groups in total. The maximum Gasteiger partial charge on any atom is 0.418 e. The smallest absolute Gasteiger partial charge is 0.368 e. The van der Waals surface area contributed by atoms with Gasteiger partial charge in [0.2, 0.25) is 0 Å². The van der Waals surface area contributed by atoms with Crippen LogP contribution in [0.3, 0.4) is 0 Å². The molecule has 1 aromatic carbocycles. The van der Waals surface area contributed by atoms with Gasteiger partial charge < -0.3 is 10.2 Å². The lowest BCUT2D eigenvalue weighted by Crippen LogP contribution is -2.52. The summed E-state index contributed by atoms with van der Waals surface area (Å²) in [6.45, 7) is 2.03. The Labute approximate surface area is 124 Å². The number of nitrogens with zero attached hydrogens (tertiary/aromatic N) is 1. The molecule has 1 saturated carbocycles. The third kappa shape index (κ3) is 2.96. The number of alkyl halides is 3. The standard InChI is InChI=1S/C14H16BrF3N2/c15-10-3-4-13(11(7-10)14(16,17)18)20-6-5-19-12(8-20)9-1-2-9/h3-4,7,9,12,19H,1-2,5-6,8H2. The Morgan fingerprint density at radius 1 is 1.25 bits per heavy atom. The van der Waals surface area contributed by atoms with E-state index in [1.54, 1.807) is 12.1 Å². The molecule has 2 fully saturated rings. The van der Waals surface area contributed by atoms with Crippen molar-refractivity contribution in [3.8, 4) is 0 Å². The first kappa shape index (κ1) is 14.2. The Balaban J connectivity index is 1.88. The molecule has 1 aliphatic heterocycles. The van der Waals surface area contributed by atoms with E-state index in [1.165, 1.54) is 18.9 Å². The summed E-state index contributed by atoms with van der Waals surface area (Å²) in [5, 5.41) is 3.42. The molecule has 2 aliphatic rings. The van der Waals surface area contributed by atoms with E-state index in [-0.39, 0.29) is 0 Å². The average molecular weight is 349 g/mol. The van der Waals surface area contributed by atoms with Gasteiger partial charge in [-0.1, -0.05) is 15.9 Å². The third-order valence-electron chi connectivity index (χ3n) is 4.00. The highest BCUT2D eigenvalue weighted by molar-refractivity contribution is 9.10. The van der Waals surface area contributed by atoms with Gasteiger partial charge in [0.1, 0.15) is 0 Å². The summed E-state index contributed by atoms with van der Waals surface area (Å²) < 4.78 is 40.0. The molecule has 1 aromatic rings. The van der Waals surface area contributed by atoms with E-state index in [0.717, 1.165) is 6.54 Å². The summed E-state index contributed by atoms with van der Waals surface area (Å²) in [5.41, 5.74) is -0.254. The van der Waals surface area contributed by atoms with E-state index >= 15 is 0 Å². The van der Waals surface area contributed by atoms with Gasteiger partial charge in [-0.05, 0) is 37.0 Å². The third-order valence-corrected chi connectivity index (χ3v) is 4.49. The number of halogens is 4. The van der Waals surface area contributed by atoms with Crippen LogP contribution >= 0.6 is 15.9 Å². The van der Waals surface area contributed by atoms with Crippen LogP contribution in [0.5, 0.6) is 0 Å². The predicted molar refractivity (Wildman–Crippen MR) is 75.9 cm³/mol. The van der Waals surface area contributed by atoms with Crippen molar-refractivity contribution in [1.29, 1.82) is 0 Å². The van der Waals surface area contributed by atoms with Gasteiger partial charge in [0.15, 0.2) is 0 Å². The molecule has 110 valence electrons. The molecule has 1 heterocycles. The Hall–Kier alpha value is -0.750. The van der Waals surface area contributed by atoms with Crippen LogP contribution in [-0.2, 0) is 6.18 Å². The first-order valence-electron chi connectivity index (χ1n) is 6.80. The Morgan fingerprint density at radius 2 is 2.00 bits per heavy atom. The van der Waals surface area contributed by atoms with E-state index in [9.17, 15) is 13.2 Å². The number of anilines is 1. The summed E-state index contributed by atoms with van der Waals surface area (Å²) in [6, 6.07) is 4.75. The number of piperazine rings is 1. The van der Waals surface area contributed by atoms with Gasteiger partial charge in [-0.3, -0.25) is 0 Å². The van der Waals surface area contributed by atoms with Crippen molar-refractivity contribution in [3.05, 3.63) is 28.2 Å². The molecular formula is C14H16BrF3N2. The molecule has 3 rings (SSSR count). The molecule has 1 unspecified atom stereocenters. The summed E-state index contributed by atoms with van der Waals surface area (Å²) in [5.74, 6) is 0.641. The van der Waals surface area contributed by atoms with Crippen molar-refractivity contribution < 1.29 is 13.2 Å². The van der Waals surface area contributed by atoms with Gasteiger partial charge in [-0.2, -0.15) is 13.2 Å². The number of benzene rings is 1. The Morgan fingerprint density at radius 3 is 2.65 bits per heavy atom. The van der Waals surface area contributed by atoms with Gasteiger partial charge in [0.25, 0.3) is 0 Å². The number of rotatable bonds is 2. The van der Waals surface area contributed by atoms with Crippen LogP contribution < -0.4 is 10.2 Å². The number of hydrogen-bond acceptors (Lipinski definition) is 2. The fourth-order valence-electron chi connectivity index (χ4n) is 2.82. The van der Waals surface area contributed by atoms with E-state index < -0.39 is 11.7 Å². The minimum Gasteiger partial charge on any atom is -0.368 e. The zero-order valence-corrected chi connectivity index (χ0v) is 12.5. The zero-order chi connectivity index (χ0) is 14.3. The molecule has 6 heteroatoms. The van der Waals surface area contributed by atoms with E-state index in [2.05, 4.69) is 21.2 Å². The normalized spacial score (nSPS) is 24.0. The van der Waals surface area contributed by atoms with Crippen LogP contribution in [0.1, 0.15) is 18.4 Å². The van der Waals surface area contributed by atoms with Gasteiger partial charge in [0.05, 0.1) is 5.56 Å². The molecule has 0 aromatic heterocycles. The van der Waals surface area contributed by atoms with E-state index in [0.29, 0.717) is 35.2 Å². The first-order chi connectivity index (χ1) is 9.45. The summed E-state index contributed by atoms with van der Waals surface area (Å²) >= 11 is 3.13. The second-order valence-electron chi connectivity index (χ2n) is 5.50. The second-order valence-corrected chi connectivity index (χ2v) is 6.42. The van der Waals surface area contributed by atoms with E-state index in [4.69, 9.17) is 0 Å². The first-order valence-corrected chi connectivity index (χ1v) is 7.59. The molecule has 1 aliphatic carbocycles. The van der Waals surface area contributed by atoms with Crippen LogP contribution in [0, 0.1) is 5.92 Å². The van der Waals surface area contributed by atoms with Crippen LogP contribution in [0.2, 0.25) is 0 Å². The topological polar surface area (TPSA) is 15.3 Å². The summed E-state index contributed by atoms with van der Waals surface area (Å²) in [7, 11) is 0. The lowest BCUT2D eigenvalue weighted by Gasteiger charge is -2.36. The maximum atomic E-state index is 13.2. The van der Waals surface area contributed by atoms with Gasteiger partial charge in [-0.15, -0.1) is 0 Å². The largest absolute Gasteiger partial charge is 0.418 e. The monoisotopic (exact) mass is 348 g/mol. The fourth-order valence-corrected chi connectivity index (χ4v) is 3.18. The maximum absolute atomic E-state index is 13.2. The highest BCUT2D eigenvalue weighted by Gasteiger charge is 2.38. The molecule has 20 heavy (non-hydrogen) atoms. The van der Waals surface area contributed by atoms with Gasteiger partial charge in [-0.25, -0.2) is 0 Å². The molecule has 2 nitrogen and oxygen atoms in total. The van der Waals surface area contributed by atoms with Gasteiger partial charge in [0, 0.05) is 35.8 Å².